The molecule has 164 valence electrons. The fourth-order valence-corrected chi connectivity index (χ4v) is 3.29. The molecular formula is C23H18Cl2FN3O3. The zero-order valence-electron chi connectivity index (χ0n) is 16.9. The van der Waals surface area contributed by atoms with Gasteiger partial charge in [0, 0.05) is 16.8 Å². The van der Waals surface area contributed by atoms with Crippen LogP contribution in [0.4, 0.5) is 10.2 Å². The van der Waals surface area contributed by atoms with Gasteiger partial charge in [0.05, 0.1) is 6.54 Å². The summed E-state index contributed by atoms with van der Waals surface area (Å²) >= 11 is 12.2. The van der Waals surface area contributed by atoms with Crippen molar-refractivity contribution in [3.05, 3.63) is 99.3 Å². The van der Waals surface area contributed by atoms with Gasteiger partial charge in [0.1, 0.15) is 29.0 Å². The van der Waals surface area contributed by atoms with E-state index in [0.717, 1.165) is 5.56 Å². The Morgan fingerprint density at radius 2 is 1.97 bits per heavy atom. The molecule has 1 amide bonds. The molecule has 0 saturated carbocycles. The Morgan fingerprint density at radius 1 is 1.16 bits per heavy atom. The molecule has 4 aromatic rings. The van der Waals surface area contributed by atoms with Gasteiger partial charge in [-0.15, -0.1) is 0 Å². The van der Waals surface area contributed by atoms with E-state index in [9.17, 15) is 9.18 Å². The summed E-state index contributed by atoms with van der Waals surface area (Å²) in [5, 5.41) is 7.70. The van der Waals surface area contributed by atoms with Gasteiger partial charge in [0.15, 0.2) is 11.6 Å². The minimum Gasteiger partial charge on any atom is -0.486 e. The third-order valence-electron chi connectivity index (χ3n) is 4.64. The first-order valence-corrected chi connectivity index (χ1v) is 10.4. The molecule has 0 saturated heterocycles. The molecule has 6 nitrogen and oxygen atoms in total. The topological polar surface area (TPSA) is 69.3 Å². The first kappa shape index (κ1) is 21.9. The molecular weight excluding hydrogens is 456 g/mol. The summed E-state index contributed by atoms with van der Waals surface area (Å²) in [6, 6.07) is 14.9. The van der Waals surface area contributed by atoms with Crippen molar-refractivity contribution in [3.63, 3.8) is 0 Å². The van der Waals surface area contributed by atoms with Gasteiger partial charge < -0.3 is 14.5 Å². The van der Waals surface area contributed by atoms with Gasteiger partial charge in [-0.2, -0.15) is 5.10 Å². The summed E-state index contributed by atoms with van der Waals surface area (Å²) in [6.07, 6.45) is 1.51. The molecule has 0 fully saturated rings. The van der Waals surface area contributed by atoms with Gasteiger partial charge in [-0.3, -0.25) is 9.48 Å². The zero-order chi connectivity index (χ0) is 22.7. The number of rotatable bonds is 7. The second kappa shape index (κ2) is 9.46. The average Bonchev–Trinajstić information content (AvgIpc) is 3.37. The fourth-order valence-electron chi connectivity index (χ4n) is 2.97. The monoisotopic (exact) mass is 473 g/mol. The van der Waals surface area contributed by atoms with Crippen molar-refractivity contribution in [2.45, 2.75) is 20.1 Å². The molecule has 0 atom stereocenters. The van der Waals surface area contributed by atoms with Crippen LogP contribution in [0.25, 0.3) is 0 Å². The van der Waals surface area contributed by atoms with E-state index in [1.165, 1.54) is 23.0 Å². The highest BCUT2D eigenvalue weighted by molar-refractivity contribution is 6.33. The van der Waals surface area contributed by atoms with Crippen molar-refractivity contribution < 1.29 is 18.3 Å². The predicted molar refractivity (Wildman–Crippen MR) is 120 cm³/mol. The number of anilines is 1. The van der Waals surface area contributed by atoms with Crippen LogP contribution in [0.3, 0.4) is 0 Å². The smallest absolute Gasteiger partial charge is 0.292 e. The van der Waals surface area contributed by atoms with Gasteiger partial charge in [-0.1, -0.05) is 41.4 Å². The summed E-state index contributed by atoms with van der Waals surface area (Å²) in [6.45, 7) is 2.20. The number of aromatic nitrogens is 2. The summed E-state index contributed by atoms with van der Waals surface area (Å²) in [5.74, 6) is 0.482. The minimum absolute atomic E-state index is 0.0793. The number of benzene rings is 2. The van der Waals surface area contributed by atoms with E-state index >= 15 is 0 Å². The second-order valence-corrected chi connectivity index (χ2v) is 7.85. The van der Waals surface area contributed by atoms with Crippen LogP contribution in [0.5, 0.6) is 5.75 Å². The lowest BCUT2D eigenvalue weighted by atomic mass is 10.2. The largest absolute Gasteiger partial charge is 0.486 e. The highest BCUT2D eigenvalue weighted by atomic mass is 35.5. The number of nitrogens with zero attached hydrogens (tertiary/aromatic N) is 2. The normalized spacial score (nSPS) is 10.9. The van der Waals surface area contributed by atoms with E-state index in [1.54, 1.807) is 36.4 Å². The standard InChI is InChI=1S/C23H18Cl2FN3O3/c1-14-10-16(6-8-18(14)24)31-13-17-7-9-21(32-17)23(30)27-22-19(25)12-29(28-22)11-15-4-2-3-5-20(15)26/h2-10,12H,11,13H2,1H3,(H,27,28,30). The van der Waals surface area contributed by atoms with E-state index in [2.05, 4.69) is 10.4 Å². The molecule has 4 rings (SSSR count). The number of halogens is 3. The molecule has 0 aliphatic carbocycles. The van der Waals surface area contributed by atoms with Crippen LogP contribution in [0, 0.1) is 12.7 Å². The number of hydrogen-bond acceptors (Lipinski definition) is 4. The quantitative estimate of drug-likeness (QED) is 0.351. The summed E-state index contributed by atoms with van der Waals surface area (Å²) in [4.78, 5) is 12.5. The van der Waals surface area contributed by atoms with Gasteiger partial charge in [-0.25, -0.2) is 4.39 Å². The van der Waals surface area contributed by atoms with E-state index in [4.69, 9.17) is 32.4 Å². The van der Waals surface area contributed by atoms with Crippen molar-refractivity contribution in [1.82, 2.24) is 9.78 Å². The Hall–Kier alpha value is -3.29. The van der Waals surface area contributed by atoms with Gasteiger partial charge in [0.25, 0.3) is 5.91 Å². The number of furan rings is 1. The number of carbonyl (C=O) groups is 1. The Bertz CT molecular complexity index is 1270. The van der Waals surface area contributed by atoms with Gasteiger partial charge in [-0.05, 0) is 48.9 Å². The minimum atomic E-state index is -0.517. The van der Waals surface area contributed by atoms with Crippen LogP contribution in [0.15, 0.2) is 65.2 Å². The van der Waals surface area contributed by atoms with Crippen LogP contribution < -0.4 is 10.1 Å². The Kier molecular flexibility index (Phi) is 6.48. The van der Waals surface area contributed by atoms with Crippen LogP contribution in [0.1, 0.15) is 27.4 Å². The SMILES string of the molecule is Cc1cc(OCc2ccc(C(=O)Nc3nn(Cc4ccccc4F)cc3Cl)o2)ccc1Cl. The molecule has 32 heavy (non-hydrogen) atoms. The van der Waals surface area contributed by atoms with E-state index in [1.807, 2.05) is 13.0 Å². The van der Waals surface area contributed by atoms with Gasteiger partial charge in [0.2, 0.25) is 0 Å². The lowest BCUT2D eigenvalue weighted by molar-refractivity contribution is 0.0992. The molecule has 0 aliphatic rings. The first-order valence-electron chi connectivity index (χ1n) is 9.64. The number of hydrogen-bond donors (Lipinski definition) is 1. The summed E-state index contributed by atoms with van der Waals surface area (Å²) in [7, 11) is 0. The Balaban J connectivity index is 1.38. The van der Waals surface area contributed by atoms with Crippen molar-refractivity contribution >= 4 is 34.9 Å². The summed E-state index contributed by atoms with van der Waals surface area (Å²) < 4.78 is 26.5. The third-order valence-corrected chi connectivity index (χ3v) is 5.34. The fraction of sp³-hybridized carbons (Fsp3) is 0.130. The van der Waals surface area contributed by atoms with E-state index in [0.29, 0.717) is 22.1 Å². The summed E-state index contributed by atoms with van der Waals surface area (Å²) in [5.41, 5.74) is 1.35. The maximum absolute atomic E-state index is 13.9. The number of nitrogens with one attached hydrogen (secondary N) is 1. The zero-order valence-corrected chi connectivity index (χ0v) is 18.5. The number of amides is 1. The molecule has 0 aliphatic heterocycles. The van der Waals surface area contributed by atoms with Gasteiger partial charge >= 0.3 is 0 Å². The van der Waals surface area contributed by atoms with Crippen LogP contribution in [-0.4, -0.2) is 15.7 Å². The van der Waals surface area contributed by atoms with Crippen molar-refractivity contribution in [2.75, 3.05) is 5.32 Å². The first-order chi connectivity index (χ1) is 15.4. The maximum atomic E-state index is 13.9. The molecule has 0 spiro atoms. The molecule has 9 heteroatoms. The number of aryl methyl sites for hydroxylation is 1. The lowest BCUT2D eigenvalue weighted by Gasteiger charge is -2.06. The highest BCUT2D eigenvalue weighted by Crippen LogP contribution is 2.23. The number of carbonyl (C=O) groups excluding carboxylic acids is 1. The second-order valence-electron chi connectivity index (χ2n) is 7.03. The molecule has 2 heterocycles. The van der Waals surface area contributed by atoms with Crippen molar-refractivity contribution in [1.29, 1.82) is 0 Å². The average molecular weight is 474 g/mol. The third kappa shape index (κ3) is 5.12. The van der Waals surface area contributed by atoms with Crippen molar-refractivity contribution in [2.24, 2.45) is 0 Å². The Morgan fingerprint density at radius 3 is 2.75 bits per heavy atom. The molecule has 0 unspecified atom stereocenters. The van der Waals surface area contributed by atoms with E-state index in [-0.39, 0.29) is 35.6 Å². The lowest BCUT2D eigenvalue weighted by Crippen LogP contribution is -2.12. The molecule has 0 radical (unpaired) electrons. The molecule has 2 aromatic heterocycles. The molecule has 2 aromatic carbocycles. The predicted octanol–water partition coefficient (Wildman–Crippen LogP) is 6.11. The maximum Gasteiger partial charge on any atom is 0.292 e. The van der Waals surface area contributed by atoms with Crippen LogP contribution >= 0.6 is 23.2 Å². The van der Waals surface area contributed by atoms with E-state index < -0.39 is 5.91 Å². The van der Waals surface area contributed by atoms with Crippen LogP contribution in [-0.2, 0) is 13.2 Å². The molecule has 1 N–H and O–H groups in total. The highest BCUT2D eigenvalue weighted by Gasteiger charge is 2.16. The number of ether oxygens (including phenoxy) is 1. The van der Waals surface area contributed by atoms with Crippen LogP contribution in [0.2, 0.25) is 10.0 Å². The van der Waals surface area contributed by atoms with Crippen molar-refractivity contribution in [3.8, 4) is 5.75 Å². The molecule has 0 bridgehead atoms. The Labute approximate surface area is 193 Å².